The van der Waals surface area contributed by atoms with Gasteiger partial charge in [-0.2, -0.15) is 0 Å². The lowest BCUT2D eigenvalue weighted by Crippen LogP contribution is -2.42. The summed E-state index contributed by atoms with van der Waals surface area (Å²) < 4.78 is 14.3. The highest BCUT2D eigenvalue weighted by atomic mass is 79.9. The maximum absolute atomic E-state index is 13.7. The van der Waals surface area contributed by atoms with Crippen LogP contribution in [0.2, 0.25) is 0 Å². The molecule has 1 aliphatic rings. The van der Waals surface area contributed by atoms with Crippen LogP contribution in [0.15, 0.2) is 22.7 Å². The highest BCUT2D eigenvalue weighted by molar-refractivity contribution is 9.10. The first-order chi connectivity index (χ1) is 9.95. The van der Waals surface area contributed by atoms with Crippen LogP contribution >= 0.6 is 15.9 Å². The lowest BCUT2D eigenvalue weighted by Gasteiger charge is -2.34. The lowest BCUT2D eigenvalue weighted by molar-refractivity contribution is 0.0932. The van der Waals surface area contributed by atoms with Gasteiger partial charge in [-0.25, -0.2) is 4.39 Å². The van der Waals surface area contributed by atoms with Crippen molar-refractivity contribution in [1.82, 2.24) is 10.2 Å². The third-order valence-electron chi connectivity index (χ3n) is 3.83. The van der Waals surface area contributed by atoms with Crippen molar-refractivity contribution >= 4 is 21.8 Å². The molecule has 21 heavy (non-hydrogen) atoms. The van der Waals surface area contributed by atoms with E-state index in [9.17, 15) is 9.18 Å². The first-order valence-corrected chi connectivity index (χ1v) is 8.20. The van der Waals surface area contributed by atoms with Gasteiger partial charge < -0.3 is 10.2 Å². The van der Waals surface area contributed by atoms with Crippen molar-refractivity contribution in [3.63, 3.8) is 0 Å². The number of hydrogen-bond acceptors (Lipinski definition) is 2. The van der Waals surface area contributed by atoms with Crippen molar-refractivity contribution in [2.24, 2.45) is 11.8 Å². The standard InChI is InChI=1S/C16H22BrFN2O/c1-11-7-12(2)10-20(9-11)6-5-19-16(21)14-4-3-13(17)8-15(14)18/h3-4,8,11-12H,5-7,9-10H2,1-2H3,(H,19,21). The first kappa shape index (κ1) is 16.4. The van der Waals surface area contributed by atoms with Crippen molar-refractivity contribution in [3.8, 4) is 0 Å². The van der Waals surface area contributed by atoms with E-state index in [1.165, 1.54) is 18.6 Å². The molecule has 2 atom stereocenters. The molecule has 0 radical (unpaired) electrons. The van der Waals surface area contributed by atoms with Crippen LogP contribution in [-0.4, -0.2) is 37.0 Å². The van der Waals surface area contributed by atoms with E-state index in [1.54, 1.807) is 6.07 Å². The van der Waals surface area contributed by atoms with Gasteiger partial charge in [0.2, 0.25) is 0 Å². The maximum Gasteiger partial charge on any atom is 0.254 e. The highest BCUT2D eigenvalue weighted by Gasteiger charge is 2.21. The predicted octanol–water partition coefficient (Wildman–Crippen LogP) is 3.30. The van der Waals surface area contributed by atoms with Gasteiger partial charge >= 0.3 is 0 Å². The fourth-order valence-corrected chi connectivity index (χ4v) is 3.40. The van der Waals surface area contributed by atoms with E-state index in [2.05, 4.69) is 40.0 Å². The van der Waals surface area contributed by atoms with E-state index in [0.29, 0.717) is 22.9 Å². The molecule has 3 nitrogen and oxygen atoms in total. The van der Waals surface area contributed by atoms with Crippen molar-refractivity contribution in [2.75, 3.05) is 26.2 Å². The molecule has 0 aliphatic carbocycles. The fraction of sp³-hybridized carbons (Fsp3) is 0.562. The van der Waals surface area contributed by atoms with Gasteiger partial charge in [0.05, 0.1) is 5.56 Å². The molecule has 1 aromatic rings. The molecule has 1 fully saturated rings. The quantitative estimate of drug-likeness (QED) is 0.897. The summed E-state index contributed by atoms with van der Waals surface area (Å²) in [6.45, 7) is 8.04. The normalized spacial score (nSPS) is 23.0. The van der Waals surface area contributed by atoms with E-state index in [-0.39, 0.29) is 11.5 Å². The SMILES string of the molecule is CC1CC(C)CN(CCNC(=O)c2ccc(Br)cc2F)C1. The van der Waals surface area contributed by atoms with Crippen molar-refractivity contribution in [3.05, 3.63) is 34.1 Å². The van der Waals surface area contributed by atoms with E-state index in [4.69, 9.17) is 0 Å². The van der Waals surface area contributed by atoms with Gasteiger partial charge in [0, 0.05) is 30.7 Å². The number of nitrogens with zero attached hydrogens (tertiary/aromatic N) is 1. The molecule has 0 bridgehead atoms. The second-order valence-corrected chi connectivity index (χ2v) is 7.00. The monoisotopic (exact) mass is 356 g/mol. The van der Waals surface area contributed by atoms with Crippen LogP contribution in [-0.2, 0) is 0 Å². The van der Waals surface area contributed by atoms with E-state index < -0.39 is 5.82 Å². The molecule has 1 amide bonds. The minimum atomic E-state index is -0.498. The van der Waals surface area contributed by atoms with Crippen LogP contribution in [0.1, 0.15) is 30.6 Å². The Hall–Kier alpha value is -0.940. The Morgan fingerprint density at radius 2 is 2.05 bits per heavy atom. The lowest BCUT2D eigenvalue weighted by atomic mass is 9.92. The Balaban J connectivity index is 1.81. The summed E-state index contributed by atoms with van der Waals surface area (Å²) in [5, 5.41) is 2.80. The molecule has 116 valence electrons. The summed E-state index contributed by atoms with van der Waals surface area (Å²) >= 11 is 3.18. The molecule has 2 unspecified atom stereocenters. The summed E-state index contributed by atoms with van der Waals surface area (Å²) in [6, 6.07) is 4.48. The van der Waals surface area contributed by atoms with Crippen molar-refractivity contribution < 1.29 is 9.18 Å². The number of amides is 1. The zero-order valence-corrected chi connectivity index (χ0v) is 14.1. The average molecular weight is 357 g/mol. The number of halogens is 2. The fourth-order valence-electron chi connectivity index (χ4n) is 3.07. The molecule has 1 aliphatic heterocycles. The maximum atomic E-state index is 13.7. The molecular formula is C16H22BrFN2O. The largest absolute Gasteiger partial charge is 0.351 e. The zero-order valence-electron chi connectivity index (χ0n) is 12.5. The van der Waals surface area contributed by atoms with Gasteiger partial charge in [-0.3, -0.25) is 4.79 Å². The molecule has 1 heterocycles. The summed E-state index contributed by atoms with van der Waals surface area (Å²) in [5.74, 6) is 0.557. The number of carbonyl (C=O) groups is 1. The minimum absolute atomic E-state index is 0.0959. The van der Waals surface area contributed by atoms with Crippen molar-refractivity contribution in [1.29, 1.82) is 0 Å². The first-order valence-electron chi connectivity index (χ1n) is 7.41. The third kappa shape index (κ3) is 4.78. The molecule has 1 aromatic carbocycles. The third-order valence-corrected chi connectivity index (χ3v) is 4.33. The second-order valence-electron chi connectivity index (χ2n) is 6.09. The van der Waals surface area contributed by atoms with Crippen LogP contribution in [0.25, 0.3) is 0 Å². The van der Waals surface area contributed by atoms with Gasteiger partial charge in [-0.05, 0) is 36.5 Å². The molecule has 0 spiro atoms. The van der Waals surface area contributed by atoms with Crippen LogP contribution in [0.3, 0.4) is 0 Å². The molecule has 5 heteroatoms. The van der Waals surface area contributed by atoms with Crippen molar-refractivity contribution in [2.45, 2.75) is 20.3 Å². The Bertz CT molecular complexity index is 499. The predicted molar refractivity (Wildman–Crippen MR) is 85.8 cm³/mol. The number of carbonyl (C=O) groups excluding carboxylic acids is 1. The van der Waals surface area contributed by atoms with Gasteiger partial charge in [0.15, 0.2) is 0 Å². The van der Waals surface area contributed by atoms with E-state index in [0.717, 1.165) is 19.6 Å². The van der Waals surface area contributed by atoms with Gasteiger partial charge in [-0.15, -0.1) is 0 Å². The van der Waals surface area contributed by atoms with Gasteiger partial charge in [-0.1, -0.05) is 29.8 Å². The highest BCUT2D eigenvalue weighted by Crippen LogP contribution is 2.20. The smallest absolute Gasteiger partial charge is 0.254 e. The Morgan fingerprint density at radius 3 is 2.67 bits per heavy atom. The molecule has 0 aromatic heterocycles. The topological polar surface area (TPSA) is 32.3 Å². The summed E-state index contributed by atoms with van der Waals surface area (Å²) in [4.78, 5) is 14.3. The average Bonchev–Trinajstić information content (AvgIpc) is 2.37. The van der Waals surface area contributed by atoms with Gasteiger partial charge in [0.25, 0.3) is 5.91 Å². The molecule has 1 saturated heterocycles. The summed E-state index contributed by atoms with van der Waals surface area (Å²) in [6.07, 6.45) is 1.27. The van der Waals surface area contributed by atoms with E-state index in [1.807, 2.05) is 0 Å². The number of piperidine rings is 1. The number of benzene rings is 1. The Labute approximate surface area is 134 Å². The Morgan fingerprint density at radius 1 is 1.38 bits per heavy atom. The minimum Gasteiger partial charge on any atom is -0.351 e. The Kier molecular flexibility index (Phi) is 5.76. The number of nitrogens with one attached hydrogen (secondary N) is 1. The molecule has 2 rings (SSSR count). The summed E-state index contributed by atoms with van der Waals surface area (Å²) in [5.41, 5.74) is 0.0959. The van der Waals surface area contributed by atoms with Crippen LogP contribution < -0.4 is 5.32 Å². The van der Waals surface area contributed by atoms with Crippen LogP contribution in [0, 0.1) is 17.7 Å². The second kappa shape index (κ2) is 7.36. The van der Waals surface area contributed by atoms with Gasteiger partial charge in [0.1, 0.15) is 5.82 Å². The van der Waals surface area contributed by atoms with Crippen LogP contribution in [0.4, 0.5) is 4.39 Å². The summed E-state index contributed by atoms with van der Waals surface area (Å²) in [7, 11) is 0. The number of rotatable bonds is 4. The molecule has 1 N–H and O–H groups in total. The molecule has 0 saturated carbocycles. The van der Waals surface area contributed by atoms with Crippen LogP contribution in [0.5, 0.6) is 0 Å². The number of likely N-dealkylation sites (tertiary alicyclic amines) is 1. The molecular weight excluding hydrogens is 335 g/mol. The number of hydrogen-bond donors (Lipinski definition) is 1. The van der Waals surface area contributed by atoms with E-state index >= 15 is 0 Å². The zero-order chi connectivity index (χ0) is 15.4.